The van der Waals surface area contributed by atoms with Crippen LogP contribution < -0.4 is 0 Å². The highest BCUT2D eigenvalue weighted by molar-refractivity contribution is 6.07. The van der Waals surface area contributed by atoms with Crippen LogP contribution in [0.25, 0.3) is 11.8 Å². The molecule has 1 aliphatic heterocycles. The highest BCUT2D eigenvalue weighted by Crippen LogP contribution is 2.37. The lowest BCUT2D eigenvalue weighted by atomic mass is 10.0. The number of carbonyl (C=O) groups is 1. The summed E-state index contributed by atoms with van der Waals surface area (Å²) in [5.41, 5.74) is 1.14. The number of hydrogen-bond donors (Lipinski definition) is 0. The van der Waals surface area contributed by atoms with E-state index in [0.29, 0.717) is 0 Å². The molecule has 5 nitrogen and oxygen atoms in total. The first-order chi connectivity index (χ1) is 9.66. The molecule has 2 aromatic carbocycles. The molecule has 0 atom stereocenters. The first-order valence-corrected chi connectivity index (χ1v) is 5.93. The normalized spacial score (nSPS) is 15.0. The Balaban J connectivity index is 2.18. The van der Waals surface area contributed by atoms with Crippen LogP contribution in [0.15, 0.2) is 48.5 Å². The average molecular weight is 267 g/mol. The predicted molar refractivity (Wildman–Crippen MR) is 72.8 cm³/mol. The highest BCUT2D eigenvalue weighted by Gasteiger charge is 2.33. The summed E-state index contributed by atoms with van der Waals surface area (Å²) in [6.45, 7) is 0. The number of benzene rings is 2. The molecule has 0 amide bonds. The maximum absolute atomic E-state index is 11.8. The molecule has 0 unspecified atom stereocenters. The second-order valence-electron chi connectivity index (χ2n) is 4.27. The van der Waals surface area contributed by atoms with Crippen LogP contribution in [-0.4, -0.2) is 10.9 Å². The molecular weight excluding hydrogens is 258 g/mol. The minimum Gasteiger partial charge on any atom is -0.422 e. The summed E-state index contributed by atoms with van der Waals surface area (Å²) in [6, 6.07) is 13.5. The molecule has 0 fully saturated rings. The van der Waals surface area contributed by atoms with Gasteiger partial charge >= 0.3 is 5.97 Å². The Labute approximate surface area is 114 Å². The molecule has 0 radical (unpaired) electrons. The third kappa shape index (κ3) is 1.95. The van der Waals surface area contributed by atoms with Gasteiger partial charge in [0.1, 0.15) is 11.3 Å². The summed E-state index contributed by atoms with van der Waals surface area (Å²) >= 11 is 0. The third-order valence-corrected chi connectivity index (χ3v) is 3.01. The number of hydrogen-bond acceptors (Lipinski definition) is 4. The standard InChI is InChI=1S/C15H9NO4/c17-15-11-7-4-8-12(16(18)19)14(11)13(20-15)9-10-5-2-1-3-6-10/h1-9H/b13-9-. The van der Waals surface area contributed by atoms with E-state index in [1.54, 1.807) is 6.08 Å². The zero-order chi connectivity index (χ0) is 14.1. The van der Waals surface area contributed by atoms with E-state index in [1.165, 1.54) is 18.2 Å². The van der Waals surface area contributed by atoms with E-state index < -0.39 is 10.9 Å². The zero-order valence-corrected chi connectivity index (χ0v) is 10.3. The second-order valence-corrected chi connectivity index (χ2v) is 4.27. The first-order valence-electron chi connectivity index (χ1n) is 5.93. The van der Waals surface area contributed by atoms with E-state index in [-0.39, 0.29) is 22.6 Å². The molecule has 20 heavy (non-hydrogen) atoms. The van der Waals surface area contributed by atoms with Crippen molar-refractivity contribution in [1.82, 2.24) is 0 Å². The van der Waals surface area contributed by atoms with E-state index in [9.17, 15) is 14.9 Å². The molecule has 1 aliphatic rings. The minimum atomic E-state index is -0.564. The molecule has 5 heteroatoms. The Kier molecular flexibility index (Phi) is 2.80. The molecule has 1 heterocycles. The van der Waals surface area contributed by atoms with Crippen molar-refractivity contribution in [1.29, 1.82) is 0 Å². The SMILES string of the molecule is O=C1O/C(=C\c2ccccc2)c2c1cccc2[N+](=O)[O-]. The van der Waals surface area contributed by atoms with Gasteiger partial charge in [0.25, 0.3) is 5.69 Å². The molecule has 0 aliphatic carbocycles. The fourth-order valence-corrected chi connectivity index (χ4v) is 2.13. The van der Waals surface area contributed by atoms with Gasteiger partial charge < -0.3 is 4.74 Å². The van der Waals surface area contributed by atoms with Crippen LogP contribution >= 0.6 is 0 Å². The fraction of sp³-hybridized carbons (Fsp3) is 0. The monoisotopic (exact) mass is 267 g/mol. The van der Waals surface area contributed by atoms with Crippen LogP contribution in [-0.2, 0) is 4.74 Å². The zero-order valence-electron chi connectivity index (χ0n) is 10.3. The van der Waals surface area contributed by atoms with Crippen molar-refractivity contribution < 1.29 is 14.5 Å². The number of nitro benzene ring substituents is 1. The van der Waals surface area contributed by atoms with Crippen molar-refractivity contribution in [3.05, 3.63) is 75.3 Å². The number of fused-ring (bicyclic) bond motifs is 1. The molecule has 0 bridgehead atoms. The molecule has 3 rings (SSSR count). The van der Waals surface area contributed by atoms with Crippen LogP contribution in [0.5, 0.6) is 0 Å². The van der Waals surface area contributed by atoms with Crippen LogP contribution in [0.4, 0.5) is 5.69 Å². The van der Waals surface area contributed by atoms with Gasteiger partial charge in [-0.05, 0) is 17.7 Å². The molecule has 2 aromatic rings. The van der Waals surface area contributed by atoms with Gasteiger partial charge in [-0.1, -0.05) is 36.4 Å². The van der Waals surface area contributed by atoms with Gasteiger partial charge in [0.05, 0.1) is 10.5 Å². The van der Waals surface area contributed by atoms with Crippen molar-refractivity contribution in [2.75, 3.05) is 0 Å². The largest absolute Gasteiger partial charge is 0.422 e. The van der Waals surface area contributed by atoms with Gasteiger partial charge in [-0.15, -0.1) is 0 Å². The summed E-state index contributed by atoms with van der Waals surface area (Å²) in [7, 11) is 0. The maximum Gasteiger partial charge on any atom is 0.344 e. The lowest BCUT2D eigenvalue weighted by molar-refractivity contribution is -0.385. The molecule has 0 N–H and O–H groups in total. The number of rotatable bonds is 2. The van der Waals surface area contributed by atoms with Crippen LogP contribution in [0, 0.1) is 10.1 Å². The lowest BCUT2D eigenvalue weighted by Gasteiger charge is -2.00. The number of esters is 1. The third-order valence-electron chi connectivity index (χ3n) is 3.01. The second kappa shape index (κ2) is 4.62. The van der Waals surface area contributed by atoms with Crippen LogP contribution in [0.3, 0.4) is 0 Å². The van der Waals surface area contributed by atoms with Gasteiger partial charge in [0.15, 0.2) is 0 Å². The summed E-state index contributed by atoms with van der Waals surface area (Å²) in [6.07, 6.45) is 1.62. The van der Waals surface area contributed by atoms with Gasteiger partial charge in [-0.3, -0.25) is 10.1 Å². The molecule has 0 saturated heterocycles. The smallest absolute Gasteiger partial charge is 0.344 e. The molecule has 0 saturated carbocycles. The van der Waals surface area contributed by atoms with Crippen molar-refractivity contribution in [2.24, 2.45) is 0 Å². The van der Waals surface area contributed by atoms with Crippen molar-refractivity contribution in [3.8, 4) is 0 Å². The van der Waals surface area contributed by atoms with Gasteiger partial charge in [-0.25, -0.2) is 4.79 Å². The molecule has 0 aromatic heterocycles. The molecule has 0 spiro atoms. The highest BCUT2D eigenvalue weighted by atomic mass is 16.6. The number of nitro groups is 1. The maximum atomic E-state index is 11.8. The number of ether oxygens (including phenoxy) is 1. The van der Waals surface area contributed by atoms with E-state index in [4.69, 9.17) is 4.74 Å². The number of nitrogens with zero attached hydrogens (tertiary/aromatic N) is 1. The quantitative estimate of drug-likeness (QED) is 0.475. The lowest BCUT2D eigenvalue weighted by Crippen LogP contribution is -1.95. The molecule has 98 valence electrons. The topological polar surface area (TPSA) is 69.4 Å². The summed E-state index contributed by atoms with van der Waals surface area (Å²) in [5, 5.41) is 11.1. The Morgan fingerprint density at radius 1 is 1.05 bits per heavy atom. The Morgan fingerprint density at radius 3 is 2.50 bits per heavy atom. The van der Waals surface area contributed by atoms with Crippen molar-refractivity contribution >= 4 is 23.5 Å². The fourth-order valence-electron chi connectivity index (χ4n) is 2.13. The minimum absolute atomic E-state index is 0.129. The molecular formula is C15H9NO4. The average Bonchev–Trinajstić information content (AvgIpc) is 2.77. The number of cyclic esters (lactones) is 1. The van der Waals surface area contributed by atoms with Gasteiger partial charge in [0.2, 0.25) is 0 Å². The predicted octanol–water partition coefficient (Wildman–Crippen LogP) is 3.26. The summed E-state index contributed by atoms with van der Waals surface area (Å²) < 4.78 is 5.14. The van der Waals surface area contributed by atoms with E-state index in [0.717, 1.165) is 5.56 Å². The summed E-state index contributed by atoms with van der Waals surface area (Å²) in [5.74, 6) is -0.352. The Bertz CT molecular complexity index is 735. The van der Waals surface area contributed by atoms with Crippen LogP contribution in [0.2, 0.25) is 0 Å². The first kappa shape index (κ1) is 12.1. The Morgan fingerprint density at radius 2 is 1.80 bits per heavy atom. The summed E-state index contributed by atoms with van der Waals surface area (Å²) in [4.78, 5) is 22.3. The van der Waals surface area contributed by atoms with E-state index in [1.807, 2.05) is 30.3 Å². The Hall–Kier alpha value is -2.95. The van der Waals surface area contributed by atoms with Crippen LogP contribution in [0.1, 0.15) is 21.5 Å². The van der Waals surface area contributed by atoms with Crippen molar-refractivity contribution in [3.63, 3.8) is 0 Å². The number of carbonyl (C=O) groups excluding carboxylic acids is 1. The van der Waals surface area contributed by atoms with Gasteiger partial charge in [0, 0.05) is 6.07 Å². The van der Waals surface area contributed by atoms with Crippen molar-refractivity contribution in [2.45, 2.75) is 0 Å². The van der Waals surface area contributed by atoms with E-state index >= 15 is 0 Å². The van der Waals surface area contributed by atoms with E-state index in [2.05, 4.69) is 0 Å². The van der Waals surface area contributed by atoms with Gasteiger partial charge in [-0.2, -0.15) is 0 Å².